The summed E-state index contributed by atoms with van der Waals surface area (Å²) in [6.45, 7) is 0. The smallest absolute Gasteiger partial charge is 0.774 e. The van der Waals surface area contributed by atoms with Crippen molar-refractivity contribution in [2.24, 2.45) is 0 Å². The number of carboxylic acids is 2. The summed E-state index contributed by atoms with van der Waals surface area (Å²) in [5.74, 6) is -2.97. The maximum Gasteiger partial charge on any atom is 1.00 e. The van der Waals surface area contributed by atoms with Crippen LogP contribution in [0.4, 0.5) is 0 Å². The van der Waals surface area contributed by atoms with E-state index in [0.29, 0.717) is 0 Å². The van der Waals surface area contributed by atoms with Gasteiger partial charge in [0.1, 0.15) is 0 Å². The van der Waals surface area contributed by atoms with Gasteiger partial charge in [-0.2, -0.15) is 0 Å². The Morgan fingerprint density at radius 1 is 0.917 bits per heavy atom. The second-order valence-electron chi connectivity index (χ2n) is 1.27. The first-order chi connectivity index (χ1) is 4.46. The Bertz CT molecular complexity index is 195. The molecule has 0 aromatic rings. The van der Waals surface area contributed by atoms with Gasteiger partial charge in [-0.3, -0.25) is 0 Å². The van der Waals surface area contributed by atoms with E-state index in [1.807, 2.05) is 0 Å². The molecular weight excluding hydrogens is 396 g/mol. The van der Waals surface area contributed by atoms with Crippen LogP contribution in [0.15, 0.2) is 9.81 Å². The van der Waals surface area contributed by atoms with Crippen molar-refractivity contribution >= 4 is 37.2 Å². The molecule has 0 heterocycles. The molecule has 0 atom stereocenters. The Morgan fingerprint density at radius 2 is 1.08 bits per heavy atom. The molecule has 0 aromatic carbocycles. The van der Waals surface area contributed by atoms with Crippen LogP contribution in [0.3, 0.4) is 0 Å². The molecule has 0 rings (SSSR count). The summed E-state index contributed by atoms with van der Waals surface area (Å²) < 4.78 is 0. The summed E-state index contributed by atoms with van der Waals surface area (Å²) in [6.07, 6.45) is 0. The van der Waals surface area contributed by atoms with Crippen molar-refractivity contribution in [3.8, 4) is 0 Å². The second kappa shape index (κ2) is 8.46. The van der Waals surface area contributed by atoms with E-state index in [4.69, 9.17) is 10.2 Å². The average Bonchev–Trinajstić information content (AvgIpc) is 1.84. The zero-order valence-corrected chi connectivity index (χ0v) is 11.6. The summed E-state index contributed by atoms with van der Waals surface area (Å²) >= 11 is 8.31. The van der Waals surface area contributed by atoms with Crippen LogP contribution in [0.5, 0.6) is 0 Å². The normalized spacial score (nSPS) is 10.0. The van der Waals surface area contributed by atoms with E-state index in [0.717, 1.165) is 0 Å². The fraction of sp³-hybridized carbons (Fsp3) is 0. The molecule has 0 unspecified atom stereocenters. The third-order valence-corrected chi connectivity index (χ3v) is 1.48. The standard InChI is InChI=1S/C4H4O4S2.Au.Na/c5-3(6)1(9)2(10)4(7)8;;/h9-10H,(H,5,6)(H,7,8);;/q;2*+1/p-2/b2-1-;;. The maximum absolute atomic E-state index is 9.95. The number of rotatable bonds is 2. The van der Waals surface area contributed by atoms with E-state index in [1.165, 1.54) is 0 Å². The predicted molar refractivity (Wildman–Crippen MR) is 37.0 cm³/mol. The van der Waals surface area contributed by atoms with E-state index in [2.05, 4.69) is 25.3 Å². The molecule has 0 saturated heterocycles. The van der Waals surface area contributed by atoms with Crippen LogP contribution >= 0.6 is 0 Å². The van der Waals surface area contributed by atoms with Crippen LogP contribution in [-0.2, 0) is 57.2 Å². The van der Waals surface area contributed by atoms with Gasteiger partial charge in [-0.25, -0.2) is 9.59 Å². The first-order valence-electron chi connectivity index (χ1n) is 2.01. The van der Waals surface area contributed by atoms with Crippen molar-refractivity contribution < 1.29 is 71.7 Å². The summed E-state index contributed by atoms with van der Waals surface area (Å²) in [4.78, 5) is 18.4. The predicted octanol–water partition coefficient (Wildman–Crippen LogP) is -3.54. The molecule has 0 aliphatic carbocycles. The topological polar surface area (TPSA) is 74.6 Å². The fourth-order valence-corrected chi connectivity index (χ4v) is 0.369. The quantitative estimate of drug-likeness (QED) is 0.285. The Morgan fingerprint density at radius 3 is 1.17 bits per heavy atom. The van der Waals surface area contributed by atoms with E-state index in [9.17, 15) is 9.59 Å². The number of hydrogen-bond acceptors (Lipinski definition) is 4. The van der Waals surface area contributed by atoms with Gasteiger partial charge in [0.05, 0.1) is 0 Å². The minimum absolute atomic E-state index is 0. The van der Waals surface area contributed by atoms with Gasteiger partial charge in [0, 0.05) is 0 Å². The van der Waals surface area contributed by atoms with Crippen LogP contribution < -0.4 is 29.6 Å². The van der Waals surface area contributed by atoms with Crippen LogP contribution in [0, 0.1) is 0 Å². The zero-order valence-electron chi connectivity index (χ0n) is 5.83. The maximum atomic E-state index is 9.95. The molecule has 0 aliphatic rings. The number of aliphatic carboxylic acids is 2. The van der Waals surface area contributed by atoms with Gasteiger partial charge in [-0.15, -0.1) is 9.81 Å². The third-order valence-electron chi connectivity index (χ3n) is 0.595. The van der Waals surface area contributed by atoms with Gasteiger partial charge >= 0.3 is 63.9 Å². The zero-order chi connectivity index (χ0) is 8.31. The van der Waals surface area contributed by atoms with Gasteiger partial charge in [0.15, 0.2) is 0 Å². The van der Waals surface area contributed by atoms with Gasteiger partial charge in [-0.05, 0) is 0 Å². The van der Waals surface area contributed by atoms with Crippen molar-refractivity contribution in [1.82, 2.24) is 0 Å². The Kier molecular flexibility index (Phi) is 13.1. The van der Waals surface area contributed by atoms with E-state index >= 15 is 0 Å². The molecule has 0 spiro atoms. The van der Waals surface area contributed by atoms with Crippen LogP contribution in [0.25, 0.3) is 0 Å². The molecule has 2 N–H and O–H groups in total. The second-order valence-corrected chi connectivity index (χ2v) is 2.09. The van der Waals surface area contributed by atoms with Crippen molar-refractivity contribution in [1.29, 1.82) is 0 Å². The van der Waals surface area contributed by atoms with Crippen molar-refractivity contribution in [2.45, 2.75) is 0 Å². The molecular formula is C4H2AuNaO4S2. The monoisotopic (exact) mass is 398 g/mol. The van der Waals surface area contributed by atoms with Gasteiger partial charge in [0.25, 0.3) is 0 Å². The number of hydrogen-bond donors (Lipinski definition) is 2. The Hall–Kier alpha value is 0.860. The van der Waals surface area contributed by atoms with Crippen molar-refractivity contribution in [2.75, 3.05) is 0 Å². The molecule has 0 aromatic heterocycles. The minimum atomic E-state index is -1.48. The molecule has 66 valence electrons. The van der Waals surface area contributed by atoms with Crippen LogP contribution in [-0.4, -0.2) is 22.2 Å². The van der Waals surface area contributed by atoms with Gasteiger partial charge < -0.3 is 35.5 Å². The molecule has 0 saturated carbocycles. The molecule has 0 bridgehead atoms. The molecule has 0 radical (unpaired) electrons. The van der Waals surface area contributed by atoms with E-state index < -0.39 is 21.7 Å². The molecule has 0 aliphatic heterocycles. The van der Waals surface area contributed by atoms with Crippen molar-refractivity contribution in [3.63, 3.8) is 0 Å². The fourth-order valence-electron chi connectivity index (χ4n) is 0.194. The van der Waals surface area contributed by atoms with E-state index in [1.54, 1.807) is 0 Å². The Labute approximate surface area is 117 Å². The van der Waals surface area contributed by atoms with E-state index in [-0.39, 0.29) is 51.9 Å². The summed E-state index contributed by atoms with van der Waals surface area (Å²) in [6, 6.07) is 0. The Balaban J connectivity index is -0.000000405. The SMILES string of the molecule is O=C(O)/C([S-])=C(/[S-])C(=O)O.[Au+].[Na+]. The average molecular weight is 398 g/mol. The number of carboxylic acid groups (broad SMARTS) is 2. The van der Waals surface area contributed by atoms with Gasteiger partial charge in [0.2, 0.25) is 0 Å². The number of carbonyl (C=O) groups is 2. The molecule has 12 heavy (non-hydrogen) atoms. The summed E-state index contributed by atoms with van der Waals surface area (Å²) in [5.41, 5.74) is 0. The molecule has 0 fully saturated rings. The first kappa shape index (κ1) is 18.6. The van der Waals surface area contributed by atoms with Crippen LogP contribution in [0.1, 0.15) is 0 Å². The van der Waals surface area contributed by atoms with Gasteiger partial charge in [-0.1, -0.05) is 0 Å². The largest absolute Gasteiger partial charge is 1.00 e. The molecule has 0 amide bonds. The first-order valence-corrected chi connectivity index (χ1v) is 2.83. The van der Waals surface area contributed by atoms with Crippen LogP contribution in [0.2, 0.25) is 0 Å². The molecule has 8 heteroatoms. The summed E-state index contributed by atoms with van der Waals surface area (Å²) in [7, 11) is 0. The van der Waals surface area contributed by atoms with Crippen molar-refractivity contribution in [3.05, 3.63) is 9.81 Å². The summed E-state index contributed by atoms with van der Waals surface area (Å²) in [5, 5.41) is 16.2. The third kappa shape index (κ3) is 6.38. The minimum Gasteiger partial charge on any atom is -0.774 e. The molecule has 4 nitrogen and oxygen atoms in total.